The average Bonchev–Trinajstić information content (AvgIpc) is 2.71. The molecule has 0 aromatic heterocycles. The van der Waals surface area contributed by atoms with Gasteiger partial charge in [0.1, 0.15) is 0 Å². The van der Waals surface area contributed by atoms with Gasteiger partial charge in [-0.05, 0) is 48.6 Å². The number of carbonyl (C=O) groups is 3. The Bertz CT molecular complexity index is 899. The third-order valence-electron chi connectivity index (χ3n) is 5.05. The minimum absolute atomic E-state index is 0.139. The smallest absolute Gasteiger partial charge is 0.339 e. The van der Waals surface area contributed by atoms with E-state index < -0.39 is 5.97 Å². The first-order valence-electron chi connectivity index (χ1n) is 9.69. The maximum atomic E-state index is 12.8. The van der Waals surface area contributed by atoms with E-state index in [0.717, 1.165) is 6.42 Å². The minimum Gasteiger partial charge on any atom is -0.452 e. The molecular weight excluding hydrogens is 390 g/mol. The van der Waals surface area contributed by atoms with Gasteiger partial charge in [0.2, 0.25) is 0 Å². The van der Waals surface area contributed by atoms with Crippen molar-refractivity contribution in [2.24, 2.45) is 11.8 Å². The van der Waals surface area contributed by atoms with Gasteiger partial charge in [0.25, 0.3) is 5.91 Å². The van der Waals surface area contributed by atoms with Crippen LogP contribution in [-0.2, 0) is 9.53 Å². The van der Waals surface area contributed by atoms with E-state index in [1.165, 1.54) is 6.07 Å². The molecule has 0 bridgehead atoms. The maximum absolute atomic E-state index is 12.8. The van der Waals surface area contributed by atoms with Crippen molar-refractivity contribution in [1.82, 2.24) is 4.90 Å². The summed E-state index contributed by atoms with van der Waals surface area (Å²) >= 11 is 5.88. The number of ketones is 1. The van der Waals surface area contributed by atoms with Crippen LogP contribution in [0.5, 0.6) is 0 Å². The van der Waals surface area contributed by atoms with Gasteiger partial charge in [0.15, 0.2) is 12.4 Å². The highest BCUT2D eigenvalue weighted by Crippen LogP contribution is 2.21. The molecule has 1 amide bonds. The summed E-state index contributed by atoms with van der Waals surface area (Å²) < 4.78 is 5.26. The number of hydrogen-bond acceptors (Lipinski definition) is 4. The van der Waals surface area contributed by atoms with E-state index in [-0.39, 0.29) is 29.4 Å². The van der Waals surface area contributed by atoms with Gasteiger partial charge in [-0.15, -0.1) is 0 Å². The number of carbonyl (C=O) groups excluding carboxylic acids is 3. The number of ether oxygens (including phenoxy) is 1. The maximum Gasteiger partial charge on any atom is 0.339 e. The molecule has 1 saturated heterocycles. The van der Waals surface area contributed by atoms with Crippen LogP contribution in [0.1, 0.15) is 46.5 Å². The molecule has 0 saturated carbocycles. The van der Waals surface area contributed by atoms with Crippen LogP contribution in [0.25, 0.3) is 0 Å². The van der Waals surface area contributed by atoms with Crippen LogP contribution in [0.2, 0.25) is 5.02 Å². The molecule has 2 aromatic carbocycles. The van der Waals surface area contributed by atoms with Crippen molar-refractivity contribution in [3.63, 3.8) is 0 Å². The number of likely N-dealkylation sites (tertiary alicyclic amines) is 1. The molecule has 2 aromatic rings. The summed E-state index contributed by atoms with van der Waals surface area (Å²) in [5, 5.41) is 0.522. The Morgan fingerprint density at radius 3 is 2.17 bits per heavy atom. The summed E-state index contributed by atoms with van der Waals surface area (Å²) in [6, 6.07) is 12.9. The van der Waals surface area contributed by atoms with Gasteiger partial charge >= 0.3 is 5.97 Å². The number of benzene rings is 2. The van der Waals surface area contributed by atoms with Crippen molar-refractivity contribution in [2.45, 2.75) is 20.3 Å². The molecule has 1 heterocycles. The van der Waals surface area contributed by atoms with Gasteiger partial charge in [-0.1, -0.05) is 43.6 Å². The summed E-state index contributed by atoms with van der Waals surface area (Å²) in [6.45, 7) is 5.24. The van der Waals surface area contributed by atoms with Gasteiger partial charge in [-0.2, -0.15) is 0 Å². The lowest BCUT2D eigenvalue weighted by molar-refractivity contribution is -0.137. The second kappa shape index (κ2) is 9.23. The second-order valence-corrected chi connectivity index (χ2v) is 8.14. The van der Waals surface area contributed by atoms with Crippen molar-refractivity contribution in [3.8, 4) is 0 Å². The summed E-state index contributed by atoms with van der Waals surface area (Å²) in [7, 11) is 0. The van der Waals surface area contributed by atoms with Crippen molar-refractivity contribution < 1.29 is 19.1 Å². The van der Waals surface area contributed by atoms with E-state index in [4.69, 9.17) is 16.3 Å². The molecule has 1 fully saturated rings. The first-order valence-corrected chi connectivity index (χ1v) is 10.1. The molecule has 0 radical (unpaired) electrons. The Hall–Kier alpha value is -2.66. The first kappa shape index (κ1) is 21.1. The Morgan fingerprint density at radius 2 is 1.55 bits per heavy atom. The highest BCUT2D eigenvalue weighted by molar-refractivity contribution is 6.30. The van der Waals surface area contributed by atoms with Crippen LogP contribution in [-0.4, -0.2) is 42.3 Å². The van der Waals surface area contributed by atoms with Crippen molar-refractivity contribution in [3.05, 3.63) is 70.2 Å². The van der Waals surface area contributed by atoms with Gasteiger partial charge in [0, 0.05) is 29.2 Å². The lowest BCUT2D eigenvalue weighted by Gasteiger charge is -2.34. The molecule has 6 heteroatoms. The highest BCUT2D eigenvalue weighted by atomic mass is 35.5. The Labute approximate surface area is 175 Å². The van der Waals surface area contributed by atoms with Crippen LogP contribution in [0.15, 0.2) is 48.5 Å². The molecular formula is C23H24ClNO4. The number of amides is 1. The minimum atomic E-state index is -0.686. The molecule has 0 N–H and O–H groups in total. The van der Waals surface area contributed by atoms with Crippen LogP contribution in [0.4, 0.5) is 0 Å². The summed E-state index contributed by atoms with van der Waals surface area (Å²) in [5.74, 6) is -0.348. The molecule has 5 nitrogen and oxygen atoms in total. The fourth-order valence-electron chi connectivity index (χ4n) is 3.78. The normalized spacial score (nSPS) is 18.9. The standard InChI is InChI=1S/C23H24ClNO4/c1-15-11-16(2)13-25(12-15)21(26)14-29-23(28)20-6-4-3-5-19(20)22(27)17-7-9-18(24)10-8-17/h3-10,15-16H,11-14H2,1-2H3/t15-,16-/m1/s1. The largest absolute Gasteiger partial charge is 0.452 e. The van der Waals surface area contributed by atoms with Crippen LogP contribution in [0, 0.1) is 11.8 Å². The number of piperidine rings is 1. The zero-order chi connectivity index (χ0) is 21.0. The highest BCUT2D eigenvalue weighted by Gasteiger charge is 2.26. The fraction of sp³-hybridized carbons (Fsp3) is 0.348. The number of nitrogens with zero attached hydrogens (tertiary/aromatic N) is 1. The third-order valence-corrected chi connectivity index (χ3v) is 5.30. The topological polar surface area (TPSA) is 63.7 Å². The number of esters is 1. The van der Waals surface area contributed by atoms with Gasteiger partial charge in [0.05, 0.1) is 5.56 Å². The number of halogens is 1. The molecule has 1 aliphatic heterocycles. The summed E-state index contributed by atoms with van der Waals surface area (Å²) in [6.07, 6.45) is 1.09. The summed E-state index contributed by atoms with van der Waals surface area (Å²) in [4.78, 5) is 39.6. The van der Waals surface area contributed by atoms with Crippen LogP contribution in [0.3, 0.4) is 0 Å². The quantitative estimate of drug-likeness (QED) is 0.543. The predicted octanol–water partition coefficient (Wildman–Crippen LogP) is 4.23. The van der Waals surface area contributed by atoms with E-state index in [1.54, 1.807) is 47.4 Å². The van der Waals surface area contributed by atoms with Gasteiger partial charge < -0.3 is 9.64 Å². The lowest BCUT2D eigenvalue weighted by Crippen LogP contribution is -2.44. The average molecular weight is 414 g/mol. The number of rotatable bonds is 5. The molecule has 1 aliphatic rings. The Balaban J connectivity index is 1.69. The Kier molecular flexibility index (Phi) is 6.70. The monoisotopic (exact) mass is 413 g/mol. The molecule has 152 valence electrons. The van der Waals surface area contributed by atoms with Gasteiger partial charge in [-0.25, -0.2) is 4.79 Å². The van der Waals surface area contributed by atoms with E-state index in [2.05, 4.69) is 13.8 Å². The zero-order valence-corrected chi connectivity index (χ0v) is 17.3. The first-order chi connectivity index (χ1) is 13.8. The van der Waals surface area contributed by atoms with E-state index >= 15 is 0 Å². The lowest BCUT2D eigenvalue weighted by atomic mass is 9.92. The van der Waals surface area contributed by atoms with E-state index in [9.17, 15) is 14.4 Å². The Morgan fingerprint density at radius 1 is 0.966 bits per heavy atom. The SMILES string of the molecule is C[C@@H]1C[C@@H](C)CN(C(=O)COC(=O)c2ccccc2C(=O)c2ccc(Cl)cc2)C1. The predicted molar refractivity (Wildman–Crippen MR) is 111 cm³/mol. The van der Waals surface area contributed by atoms with Crippen LogP contribution < -0.4 is 0 Å². The van der Waals surface area contributed by atoms with E-state index in [0.29, 0.717) is 35.5 Å². The molecule has 0 aliphatic carbocycles. The van der Waals surface area contributed by atoms with Crippen LogP contribution >= 0.6 is 11.6 Å². The van der Waals surface area contributed by atoms with Crippen molar-refractivity contribution in [2.75, 3.05) is 19.7 Å². The fourth-order valence-corrected chi connectivity index (χ4v) is 3.90. The number of hydrogen-bond donors (Lipinski definition) is 0. The molecule has 29 heavy (non-hydrogen) atoms. The molecule has 3 rings (SSSR count). The van der Waals surface area contributed by atoms with Gasteiger partial charge in [-0.3, -0.25) is 9.59 Å². The summed E-state index contributed by atoms with van der Waals surface area (Å²) in [5.41, 5.74) is 0.787. The molecule has 0 spiro atoms. The molecule has 2 atom stereocenters. The molecule has 0 unspecified atom stereocenters. The van der Waals surface area contributed by atoms with Crippen molar-refractivity contribution >= 4 is 29.3 Å². The van der Waals surface area contributed by atoms with Crippen molar-refractivity contribution in [1.29, 1.82) is 0 Å². The third kappa shape index (κ3) is 5.24. The zero-order valence-electron chi connectivity index (χ0n) is 16.6. The second-order valence-electron chi connectivity index (χ2n) is 7.70. The van der Waals surface area contributed by atoms with E-state index in [1.807, 2.05) is 0 Å².